The molecule has 1 N–H and O–H groups in total. The van der Waals surface area contributed by atoms with Gasteiger partial charge in [-0.15, -0.1) is 0 Å². The van der Waals surface area contributed by atoms with E-state index in [1.165, 1.54) is 19.4 Å². The summed E-state index contributed by atoms with van der Waals surface area (Å²) in [7, 11) is 2.18. The van der Waals surface area contributed by atoms with Gasteiger partial charge in [-0.3, -0.25) is 0 Å². The summed E-state index contributed by atoms with van der Waals surface area (Å²) in [6.07, 6.45) is 2.47. The highest BCUT2D eigenvalue weighted by Gasteiger charge is 1.98. The molecule has 2 heteroatoms. The topological polar surface area (TPSA) is 15.3 Å². The van der Waals surface area contributed by atoms with Crippen molar-refractivity contribution in [1.29, 1.82) is 0 Å². The number of hydrogen-bond donors (Lipinski definition) is 1. The van der Waals surface area contributed by atoms with Crippen LogP contribution < -0.4 is 5.32 Å². The molecule has 0 saturated carbocycles. The largest absolute Gasteiger partial charge is 0.313 e. The van der Waals surface area contributed by atoms with Crippen LogP contribution in [-0.4, -0.2) is 37.6 Å². The van der Waals surface area contributed by atoms with Crippen LogP contribution >= 0.6 is 0 Å². The number of nitrogens with zero attached hydrogens (tertiary/aromatic N) is 1. The summed E-state index contributed by atoms with van der Waals surface area (Å²) in [5.74, 6) is 0. The van der Waals surface area contributed by atoms with Gasteiger partial charge in [0.1, 0.15) is 0 Å². The van der Waals surface area contributed by atoms with Gasteiger partial charge in [0.15, 0.2) is 0 Å². The molecule has 0 aromatic rings. The second kappa shape index (κ2) is 7.56. The fraction of sp³-hybridized carbons (Fsp3) is 1.00. The third-order valence-electron chi connectivity index (χ3n) is 2.20. The Morgan fingerprint density at radius 2 is 1.92 bits per heavy atom. The van der Waals surface area contributed by atoms with E-state index >= 15 is 0 Å². The standard InChI is InChI=1S/C10H24N2/c1-5-8-12(4)9-7-11-10(3)6-2/h10-11H,5-9H2,1-4H3. The van der Waals surface area contributed by atoms with Crippen molar-refractivity contribution in [2.24, 2.45) is 0 Å². The number of hydrogen-bond acceptors (Lipinski definition) is 2. The van der Waals surface area contributed by atoms with E-state index in [9.17, 15) is 0 Å². The zero-order valence-corrected chi connectivity index (χ0v) is 9.06. The molecule has 0 radical (unpaired) electrons. The van der Waals surface area contributed by atoms with E-state index in [2.05, 4.69) is 38.0 Å². The first kappa shape index (κ1) is 11.9. The van der Waals surface area contributed by atoms with Crippen molar-refractivity contribution >= 4 is 0 Å². The van der Waals surface area contributed by atoms with Gasteiger partial charge in [-0.1, -0.05) is 13.8 Å². The molecule has 0 bridgehead atoms. The summed E-state index contributed by atoms with van der Waals surface area (Å²) in [5, 5.41) is 3.48. The molecule has 0 spiro atoms. The molecule has 0 aliphatic rings. The highest BCUT2D eigenvalue weighted by atomic mass is 15.1. The van der Waals surface area contributed by atoms with Crippen LogP contribution in [0.3, 0.4) is 0 Å². The van der Waals surface area contributed by atoms with Crippen molar-refractivity contribution in [3.63, 3.8) is 0 Å². The Hall–Kier alpha value is -0.0800. The van der Waals surface area contributed by atoms with Crippen molar-refractivity contribution in [2.75, 3.05) is 26.7 Å². The van der Waals surface area contributed by atoms with Gasteiger partial charge in [-0.25, -0.2) is 0 Å². The SMILES string of the molecule is CCCN(C)CCNC(C)CC. The van der Waals surface area contributed by atoms with E-state index in [4.69, 9.17) is 0 Å². The molecule has 0 saturated heterocycles. The molecule has 0 fully saturated rings. The maximum Gasteiger partial charge on any atom is 0.0104 e. The summed E-state index contributed by atoms with van der Waals surface area (Å²) >= 11 is 0. The third-order valence-corrected chi connectivity index (χ3v) is 2.20. The van der Waals surface area contributed by atoms with E-state index < -0.39 is 0 Å². The van der Waals surface area contributed by atoms with Crippen LogP contribution in [0, 0.1) is 0 Å². The molecule has 1 atom stereocenters. The number of nitrogens with one attached hydrogen (secondary N) is 1. The monoisotopic (exact) mass is 172 g/mol. The first-order valence-electron chi connectivity index (χ1n) is 5.12. The number of likely N-dealkylation sites (N-methyl/N-ethyl adjacent to an activating group) is 1. The zero-order chi connectivity index (χ0) is 9.40. The normalized spacial score (nSPS) is 13.8. The Balaban J connectivity index is 3.18. The molecule has 1 unspecified atom stereocenters. The molecule has 0 aromatic carbocycles. The molecule has 0 amide bonds. The van der Waals surface area contributed by atoms with E-state index in [0.29, 0.717) is 6.04 Å². The Bertz CT molecular complexity index is 93.8. The molecular weight excluding hydrogens is 148 g/mol. The summed E-state index contributed by atoms with van der Waals surface area (Å²) in [4.78, 5) is 2.37. The minimum absolute atomic E-state index is 0.667. The van der Waals surface area contributed by atoms with Gasteiger partial charge < -0.3 is 10.2 Å². The average molecular weight is 172 g/mol. The second-order valence-electron chi connectivity index (χ2n) is 3.57. The summed E-state index contributed by atoms with van der Waals surface area (Å²) < 4.78 is 0. The van der Waals surface area contributed by atoms with Crippen molar-refractivity contribution in [1.82, 2.24) is 10.2 Å². The van der Waals surface area contributed by atoms with Crippen molar-refractivity contribution in [3.8, 4) is 0 Å². The van der Waals surface area contributed by atoms with Gasteiger partial charge in [-0.05, 0) is 33.4 Å². The predicted octanol–water partition coefficient (Wildman–Crippen LogP) is 1.72. The minimum atomic E-state index is 0.667. The lowest BCUT2D eigenvalue weighted by molar-refractivity contribution is 0.325. The first-order chi connectivity index (χ1) is 5.70. The fourth-order valence-corrected chi connectivity index (χ4v) is 1.14. The predicted molar refractivity (Wildman–Crippen MR) is 55.5 cm³/mol. The van der Waals surface area contributed by atoms with Gasteiger partial charge in [-0.2, -0.15) is 0 Å². The van der Waals surface area contributed by atoms with Crippen LogP contribution in [0.15, 0.2) is 0 Å². The summed E-state index contributed by atoms with van der Waals surface area (Å²) in [5.41, 5.74) is 0. The molecule has 0 aliphatic carbocycles. The summed E-state index contributed by atoms with van der Waals surface area (Å²) in [6, 6.07) is 0.667. The highest BCUT2D eigenvalue weighted by Crippen LogP contribution is 1.88. The lowest BCUT2D eigenvalue weighted by Gasteiger charge is -2.17. The van der Waals surface area contributed by atoms with Gasteiger partial charge >= 0.3 is 0 Å². The minimum Gasteiger partial charge on any atom is -0.313 e. The Kier molecular flexibility index (Phi) is 7.51. The van der Waals surface area contributed by atoms with E-state index in [1.807, 2.05) is 0 Å². The van der Waals surface area contributed by atoms with Gasteiger partial charge in [0.25, 0.3) is 0 Å². The van der Waals surface area contributed by atoms with Gasteiger partial charge in [0.05, 0.1) is 0 Å². The number of rotatable bonds is 7. The molecule has 0 aliphatic heterocycles. The van der Waals surface area contributed by atoms with Crippen LogP contribution in [0.2, 0.25) is 0 Å². The lowest BCUT2D eigenvalue weighted by Crippen LogP contribution is -2.34. The summed E-state index contributed by atoms with van der Waals surface area (Å²) in [6.45, 7) is 10.2. The maximum atomic E-state index is 3.48. The van der Waals surface area contributed by atoms with Crippen molar-refractivity contribution in [2.45, 2.75) is 39.7 Å². The van der Waals surface area contributed by atoms with Crippen LogP contribution in [-0.2, 0) is 0 Å². The van der Waals surface area contributed by atoms with Crippen LogP contribution in [0.4, 0.5) is 0 Å². The third kappa shape index (κ3) is 6.62. The fourth-order valence-electron chi connectivity index (χ4n) is 1.14. The highest BCUT2D eigenvalue weighted by molar-refractivity contribution is 4.59. The molecule has 0 aromatic heterocycles. The van der Waals surface area contributed by atoms with Crippen LogP contribution in [0.25, 0.3) is 0 Å². The van der Waals surface area contributed by atoms with E-state index in [-0.39, 0.29) is 0 Å². The molecule has 0 rings (SSSR count). The molecule has 2 nitrogen and oxygen atoms in total. The van der Waals surface area contributed by atoms with Crippen molar-refractivity contribution < 1.29 is 0 Å². The smallest absolute Gasteiger partial charge is 0.0104 e. The Morgan fingerprint density at radius 3 is 2.42 bits per heavy atom. The average Bonchev–Trinajstić information content (AvgIpc) is 2.04. The van der Waals surface area contributed by atoms with E-state index in [0.717, 1.165) is 13.1 Å². The van der Waals surface area contributed by atoms with Gasteiger partial charge in [0, 0.05) is 19.1 Å². The van der Waals surface area contributed by atoms with Gasteiger partial charge in [0.2, 0.25) is 0 Å². The van der Waals surface area contributed by atoms with Crippen molar-refractivity contribution in [3.05, 3.63) is 0 Å². The zero-order valence-electron chi connectivity index (χ0n) is 9.06. The molecule has 12 heavy (non-hydrogen) atoms. The van der Waals surface area contributed by atoms with Crippen LogP contribution in [0.1, 0.15) is 33.6 Å². The first-order valence-corrected chi connectivity index (χ1v) is 5.12. The lowest BCUT2D eigenvalue weighted by atomic mass is 10.2. The van der Waals surface area contributed by atoms with E-state index in [1.54, 1.807) is 0 Å². The second-order valence-corrected chi connectivity index (χ2v) is 3.57. The molecule has 0 heterocycles. The quantitative estimate of drug-likeness (QED) is 0.629. The molecule has 74 valence electrons. The maximum absolute atomic E-state index is 3.48. The molecular formula is C10H24N2. The van der Waals surface area contributed by atoms with Crippen LogP contribution in [0.5, 0.6) is 0 Å². The Morgan fingerprint density at radius 1 is 1.25 bits per heavy atom. The Labute approximate surface area is 77.3 Å².